The van der Waals surface area contributed by atoms with Crippen LogP contribution in [0, 0.1) is 5.82 Å². The second-order valence-corrected chi connectivity index (χ2v) is 9.79. The fourth-order valence-electron chi connectivity index (χ4n) is 3.82. The summed E-state index contributed by atoms with van der Waals surface area (Å²) in [5.41, 5.74) is 0.868. The smallest absolute Gasteiger partial charge is 0.212 e. The number of hydrogen-bond acceptors (Lipinski definition) is 10. The van der Waals surface area contributed by atoms with E-state index in [4.69, 9.17) is 19.3 Å². The second-order valence-electron chi connectivity index (χ2n) is 7.87. The largest absolute Gasteiger partial charge is 0.495 e. The van der Waals surface area contributed by atoms with E-state index in [0.29, 0.717) is 28.5 Å². The Morgan fingerprint density at radius 1 is 0.973 bits per heavy atom. The standard InChI is InChI=1S/C23H24FN7O5S/c1-13(37(25,32)33)19(21-27-10-15(24)11-28-21)23-30-29-22(14-8-16(34-2)12-26-9-14)31(23)20-17(35-3)6-5-7-18(20)36-4/h5-13,19H,1-4H3,(H2,25,32,33). The van der Waals surface area contributed by atoms with Crippen LogP contribution in [0.25, 0.3) is 17.1 Å². The zero-order valence-corrected chi connectivity index (χ0v) is 21.2. The van der Waals surface area contributed by atoms with Gasteiger partial charge in [-0.2, -0.15) is 0 Å². The molecule has 194 valence electrons. The van der Waals surface area contributed by atoms with Gasteiger partial charge < -0.3 is 14.2 Å². The van der Waals surface area contributed by atoms with Crippen LogP contribution in [-0.2, 0) is 10.0 Å². The number of ether oxygens (including phenoxy) is 3. The molecule has 0 radical (unpaired) electrons. The summed E-state index contributed by atoms with van der Waals surface area (Å²) >= 11 is 0. The number of sulfonamides is 1. The van der Waals surface area contributed by atoms with Gasteiger partial charge in [0.1, 0.15) is 34.6 Å². The molecule has 12 nitrogen and oxygen atoms in total. The summed E-state index contributed by atoms with van der Waals surface area (Å²) < 4.78 is 56.9. The Bertz CT molecular complexity index is 1490. The highest BCUT2D eigenvalue weighted by Gasteiger charge is 2.38. The van der Waals surface area contributed by atoms with Crippen molar-refractivity contribution < 1.29 is 27.0 Å². The number of pyridine rings is 1. The lowest BCUT2D eigenvalue weighted by molar-refractivity contribution is 0.390. The van der Waals surface area contributed by atoms with Crippen LogP contribution in [0.5, 0.6) is 17.2 Å². The quantitative estimate of drug-likeness (QED) is 0.340. The summed E-state index contributed by atoms with van der Waals surface area (Å²) in [6.45, 7) is 1.39. The molecule has 0 saturated carbocycles. The molecule has 0 aliphatic heterocycles. The Labute approximate surface area is 212 Å². The van der Waals surface area contributed by atoms with Gasteiger partial charge in [0.25, 0.3) is 0 Å². The van der Waals surface area contributed by atoms with E-state index in [1.165, 1.54) is 34.4 Å². The van der Waals surface area contributed by atoms with Gasteiger partial charge in [0.2, 0.25) is 10.0 Å². The van der Waals surface area contributed by atoms with Gasteiger partial charge in [-0.1, -0.05) is 6.07 Å². The van der Waals surface area contributed by atoms with Crippen molar-refractivity contribution >= 4 is 10.0 Å². The normalized spacial score (nSPS) is 13.1. The van der Waals surface area contributed by atoms with Crippen LogP contribution in [0.2, 0.25) is 0 Å². The van der Waals surface area contributed by atoms with Crippen molar-refractivity contribution in [1.29, 1.82) is 0 Å². The molecular formula is C23H24FN7O5S. The van der Waals surface area contributed by atoms with Crippen LogP contribution >= 0.6 is 0 Å². The van der Waals surface area contributed by atoms with Gasteiger partial charge in [-0.15, -0.1) is 10.2 Å². The monoisotopic (exact) mass is 529 g/mol. The Hall–Kier alpha value is -4.17. The fourth-order valence-corrected chi connectivity index (χ4v) is 4.44. The number of methoxy groups -OCH3 is 3. The molecule has 3 heterocycles. The van der Waals surface area contributed by atoms with E-state index in [1.807, 2.05) is 0 Å². The molecule has 0 spiro atoms. The number of aromatic nitrogens is 6. The number of halogens is 1. The SMILES string of the molecule is COc1cncc(-c2nnc(C(c3ncc(F)cn3)C(C)S(N)(=O)=O)n2-c2c(OC)cccc2OC)c1. The minimum atomic E-state index is -4.15. The number of nitrogens with zero attached hydrogens (tertiary/aromatic N) is 6. The third-order valence-electron chi connectivity index (χ3n) is 5.70. The Morgan fingerprint density at radius 3 is 2.19 bits per heavy atom. The first-order valence-corrected chi connectivity index (χ1v) is 12.5. The number of rotatable bonds is 9. The van der Waals surface area contributed by atoms with Gasteiger partial charge in [-0.05, 0) is 25.1 Å². The maximum absolute atomic E-state index is 13.7. The number of nitrogens with two attached hydrogens (primary N) is 1. The molecule has 14 heteroatoms. The van der Waals surface area contributed by atoms with E-state index < -0.39 is 27.0 Å². The summed E-state index contributed by atoms with van der Waals surface area (Å²) in [6.07, 6.45) is 4.93. The lowest BCUT2D eigenvalue weighted by Crippen LogP contribution is -2.34. The molecule has 0 saturated heterocycles. The van der Waals surface area contributed by atoms with Crippen molar-refractivity contribution in [3.8, 4) is 34.3 Å². The molecule has 1 aromatic carbocycles. The summed E-state index contributed by atoms with van der Waals surface area (Å²) in [7, 11) is 0.291. The van der Waals surface area contributed by atoms with Crippen LogP contribution < -0.4 is 19.3 Å². The minimum Gasteiger partial charge on any atom is -0.495 e. The molecule has 0 aliphatic carbocycles. The fraction of sp³-hybridized carbons (Fsp3) is 0.261. The molecule has 37 heavy (non-hydrogen) atoms. The molecule has 0 bridgehead atoms. The predicted molar refractivity (Wildman–Crippen MR) is 131 cm³/mol. The number of hydrogen-bond donors (Lipinski definition) is 1. The topological polar surface area (TPSA) is 157 Å². The minimum absolute atomic E-state index is 0.0271. The first-order valence-electron chi connectivity index (χ1n) is 10.8. The molecule has 3 aromatic heterocycles. The highest BCUT2D eigenvalue weighted by Crippen LogP contribution is 2.40. The van der Waals surface area contributed by atoms with E-state index in [2.05, 4.69) is 25.1 Å². The van der Waals surface area contributed by atoms with Gasteiger partial charge in [0.15, 0.2) is 11.6 Å². The Morgan fingerprint density at radius 2 is 1.62 bits per heavy atom. The van der Waals surface area contributed by atoms with Crippen LogP contribution in [0.3, 0.4) is 0 Å². The van der Waals surface area contributed by atoms with Gasteiger partial charge >= 0.3 is 0 Å². The average Bonchev–Trinajstić information content (AvgIpc) is 3.32. The maximum Gasteiger partial charge on any atom is 0.212 e. The summed E-state index contributed by atoms with van der Waals surface area (Å²) in [5.74, 6) is -0.324. The van der Waals surface area contributed by atoms with E-state index in [1.54, 1.807) is 35.0 Å². The molecule has 0 aliphatic rings. The predicted octanol–water partition coefficient (Wildman–Crippen LogP) is 2.09. The average molecular weight is 530 g/mol. The van der Waals surface area contributed by atoms with E-state index >= 15 is 0 Å². The van der Waals surface area contributed by atoms with Crippen LogP contribution in [0.1, 0.15) is 24.5 Å². The second kappa shape index (κ2) is 10.4. The molecule has 2 N–H and O–H groups in total. The van der Waals surface area contributed by atoms with Crippen LogP contribution in [-0.4, -0.2) is 64.7 Å². The van der Waals surface area contributed by atoms with Gasteiger partial charge in [0.05, 0.1) is 51.1 Å². The highest BCUT2D eigenvalue weighted by atomic mass is 32.2. The molecule has 4 rings (SSSR count). The van der Waals surface area contributed by atoms with Crippen LogP contribution in [0.15, 0.2) is 49.1 Å². The maximum atomic E-state index is 13.7. The van der Waals surface area contributed by atoms with E-state index in [9.17, 15) is 12.8 Å². The first-order chi connectivity index (χ1) is 17.7. The molecule has 2 unspecified atom stereocenters. The lowest BCUT2D eigenvalue weighted by Gasteiger charge is -2.23. The van der Waals surface area contributed by atoms with Crippen molar-refractivity contribution in [1.82, 2.24) is 29.7 Å². The van der Waals surface area contributed by atoms with Crippen LogP contribution in [0.4, 0.5) is 4.39 Å². The lowest BCUT2D eigenvalue weighted by atomic mass is 10.0. The highest BCUT2D eigenvalue weighted by molar-refractivity contribution is 7.89. The third-order valence-corrected chi connectivity index (χ3v) is 7.01. The third kappa shape index (κ3) is 5.06. The molecule has 0 amide bonds. The Balaban J connectivity index is 2.10. The van der Waals surface area contributed by atoms with Crippen molar-refractivity contribution in [2.75, 3.05) is 21.3 Å². The van der Waals surface area contributed by atoms with Gasteiger partial charge in [-0.25, -0.2) is 27.9 Å². The zero-order valence-electron chi connectivity index (χ0n) is 20.4. The van der Waals surface area contributed by atoms with Crippen molar-refractivity contribution in [3.05, 3.63) is 66.5 Å². The zero-order chi connectivity index (χ0) is 26.7. The summed E-state index contributed by atoms with van der Waals surface area (Å²) in [6, 6.07) is 6.81. The van der Waals surface area contributed by atoms with Gasteiger partial charge in [-0.3, -0.25) is 9.55 Å². The van der Waals surface area contributed by atoms with E-state index in [-0.39, 0.29) is 17.5 Å². The first kappa shape index (κ1) is 25.9. The molecule has 0 fully saturated rings. The van der Waals surface area contributed by atoms with Crippen molar-refractivity contribution in [2.24, 2.45) is 5.14 Å². The summed E-state index contributed by atoms with van der Waals surface area (Å²) in [4.78, 5) is 12.3. The number of benzene rings is 1. The Kier molecular flexibility index (Phi) is 7.31. The molecular weight excluding hydrogens is 505 g/mol. The van der Waals surface area contributed by atoms with Gasteiger partial charge in [0, 0.05) is 11.8 Å². The van der Waals surface area contributed by atoms with Crippen molar-refractivity contribution in [3.63, 3.8) is 0 Å². The van der Waals surface area contributed by atoms with Crippen molar-refractivity contribution in [2.45, 2.75) is 18.1 Å². The van der Waals surface area contributed by atoms with E-state index in [0.717, 1.165) is 12.4 Å². The molecule has 2 atom stereocenters. The molecule has 4 aromatic rings. The number of primary sulfonamides is 1. The number of para-hydroxylation sites is 1. The summed E-state index contributed by atoms with van der Waals surface area (Å²) in [5, 5.41) is 13.0.